The van der Waals surface area contributed by atoms with Gasteiger partial charge < -0.3 is 15.5 Å². The van der Waals surface area contributed by atoms with Gasteiger partial charge in [-0.2, -0.15) is 0 Å². The lowest BCUT2D eigenvalue weighted by Crippen LogP contribution is -2.45. The molecule has 8 heteroatoms. The molecule has 2 saturated heterocycles. The normalized spacial score (nSPS) is 21.0. The first-order valence-corrected chi connectivity index (χ1v) is 12.0. The average molecular weight is 548 g/mol. The zero-order valence-electron chi connectivity index (χ0n) is 18.6. The number of amides is 1. The van der Waals surface area contributed by atoms with Gasteiger partial charge in [0.05, 0.1) is 0 Å². The fraction of sp³-hybridized carbons (Fsp3) is 0.727. The van der Waals surface area contributed by atoms with Crippen molar-refractivity contribution >= 4 is 47.2 Å². The number of rotatable bonds is 7. The standard InChI is InChI=1S/C22H37N5OS.HI/c1-4-23-22(25-19-9-12-27(15-19)21(28)17(2)3)24-14-18-7-10-26(11-8-18)16-20-6-5-13-29-20;/h5-6,13,17-19H,4,7-12,14-16H2,1-3H3,(H2,23,24,25);1H. The lowest BCUT2D eigenvalue weighted by molar-refractivity contribution is -0.133. The van der Waals surface area contributed by atoms with Crippen LogP contribution in [-0.2, 0) is 11.3 Å². The van der Waals surface area contributed by atoms with Crippen molar-refractivity contribution in [3.8, 4) is 0 Å². The van der Waals surface area contributed by atoms with Crippen molar-refractivity contribution in [2.45, 2.75) is 52.6 Å². The highest BCUT2D eigenvalue weighted by Gasteiger charge is 2.28. The second-order valence-corrected chi connectivity index (χ2v) is 9.62. The topological polar surface area (TPSA) is 60.0 Å². The minimum atomic E-state index is 0. The summed E-state index contributed by atoms with van der Waals surface area (Å²) in [5.41, 5.74) is 0. The largest absolute Gasteiger partial charge is 0.357 e. The number of likely N-dealkylation sites (tertiary alicyclic amines) is 2. The van der Waals surface area contributed by atoms with E-state index in [2.05, 4.69) is 40.0 Å². The molecular formula is C22H38IN5OS. The quantitative estimate of drug-likeness (QED) is 0.312. The molecule has 2 aliphatic rings. The van der Waals surface area contributed by atoms with Gasteiger partial charge in [-0.15, -0.1) is 35.3 Å². The van der Waals surface area contributed by atoms with Crippen LogP contribution in [-0.4, -0.2) is 67.0 Å². The second kappa shape index (κ2) is 12.9. The van der Waals surface area contributed by atoms with Crippen LogP contribution in [0, 0.1) is 11.8 Å². The molecule has 2 fully saturated rings. The molecule has 170 valence electrons. The van der Waals surface area contributed by atoms with Gasteiger partial charge in [-0.3, -0.25) is 14.7 Å². The number of piperidine rings is 1. The van der Waals surface area contributed by atoms with E-state index >= 15 is 0 Å². The number of hydrogen-bond acceptors (Lipinski definition) is 4. The predicted octanol–water partition coefficient (Wildman–Crippen LogP) is 3.39. The second-order valence-electron chi connectivity index (χ2n) is 8.59. The van der Waals surface area contributed by atoms with Crippen molar-refractivity contribution in [1.82, 2.24) is 20.4 Å². The fourth-order valence-electron chi connectivity index (χ4n) is 4.13. The molecule has 0 aliphatic carbocycles. The minimum Gasteiger partial charge on any atom is -0.357 e. The van der Waals surface area contributed by atoms with E-state index in [1.54, 1.807) is 0 Å². The summed E-state index contributed by atoms with van der Waals surface area (Å²) in [7, 11) is 0. The summed E-state index contributed by atoms with van der Waals surface area (Å²) in [5, 5.41) is 9.10. The molecule has 0 saturated carbocycles. The molecule has 1 aromatic rings. The third-order valence-electron chi connectivity index (χ3n) is 5.85. The summed E-state index contributed by atoms with van der Waals surface area (Å²) < 4.78 is 0. The first-order valence-electron chi connectivity index (χ1n) is 11.1. The van der Waals surface area contributed by atoms with E-state index in [4.69, 9.17) is 4.99 Å². The molecule has 3 heterocycles. The number of carbonyl (C=O) groups is 1. The maximum absolute atomic E-state index is 12.2. The number of halogens is 1. The van der Waals surface area contributed by atoms with Gasteiger partial charge in [-0.1, -0.05) is 19.9 Å². The summed E-state index contributed by atoms with van der Waals surface area (Å²) in [4.78, 5) is 23.1. The molecule has 1 aromatic heterocycles. The number of carbonyl (C=O) groups excluding carboxylic acids is 1. The van der Waals surface area contributed by atoms with E-state index in [9.17, 15) is 4.79 Å². The van der Waals surface area contributed by atoms with Crippen LogP contribution in [0.3, 0.4) is 0 Å². The Morgan fingerprint density at radius 2 is 2.03 bits per heavy atom. The monoisotopic (exact) mass is 547 g/mol. The molecule has 1 atom stereocenters. The molecule has 0 radical (unpaired) electrons. The molecule has 2 N–H and O–H groups in total. The van der Waals surface area contributed by atoms with Crippen LogP contribution < -0.4 is 10.6 Å². The van der Waals surface area contributed by atoms with Crippen molar-refractivity contribution in [2.75, 3.05) is 39.3 Å². The summed E-state index contributed by atoms with van der Waals surface area (Å²) in [6.45, 7) is 12.8. The van der Waals surface area contributed by atoms with Crippen LogP contribution in [0.25, 0.3) is 0 Å². The number of nitrogens with zero attached hydrogens (tertiary/aromatic N) is 3. The van der Waals surface area contributed by atoms with Crippen molar-refractivity contribution < 1.29 is 4.79 Å². The van der Waals surface area contributed by atoms with E-state index in [0.29, 0.717) is 12.0 Å². The SMILES string of the molecule is CCNC(=NCC1CCN(Cc2cccs2)CC1)NC1CCN(C(=O)C(C)C)C1.I. The van der Waals surface area contributed by atoms with Crippen molar-refractivity contribution in [3.05, 3.63) is 22.4 Å². The van der Waals surface area contributed by atoms with Gasteiger partial charge >= 0.3 is 0 Å². The molecule has 0 spiro atoms. The summed E-state index contributed by atoms with van der Waals surface area (Å²) in [6, 6.07) is 4.66. The van der Waals surface area contributed by atoms with Gasteiger partial charge in [0.25, 0.3) is 0 Å². The summed E-state index contributed by atoms with van der Waals surface area (Å²) in [6.07, 6.45) is 3.42. The maximum atomic E-state index is 12.2. The minimum absolute atomic E-state index is 0. The third kappa shape index (κ3) is 7.67. The molecule has 0 bridgehead atoms. The molecule has 6 nitrogen and oxygen atoms in total. The Morgan fingerprint density at radius 1 is 1.27 bits per heavy atom. The lowest BCUT2D eigenvalue weighted by Gasteiger charge is -2.31. The Balaban J connectivity index is 0.00000320. The van der Waals surface area contributed by atoms with E-state index in [1.807, 2.05) is 30.1 Å². The van der Waals surface area contributed by atoms with E-state index in [0.717, 1.165) is 58.2 Å². The van der Waals surface area contributed by atoms with Crippen LogP contribution in [0.4, 0.5) is 0 Å². The highest BCUT2D eigenvalue weighted by molar-refractivity contribution is 14.0. The smallest absolute Gasteiger partial charge is 0.225 e. The van der Waals surface area contributed by atoms with Gasteiger partial charge in [-0.25, -0.2) is 0 Å². The van der Waals surface area contributed by atoms with Crippen molar-refractivity contribution in [2.24, 2.45) is 16.8 Å². The first kappa shape index (κ1) is 25.4. The molecule has 0 aromatic carbocycles. The van der Waals surface area contributed by atoms with Gasteiger partial charge in [-0.05, 0) is 56.6 Å². The molecule has 30 heavy (non-hydrogen) atoms. The highest BCUT2D eigenvalue weighted by atomic mass is 127. The lowest BCUT2D eigenvalue weighted by atomic mass is 9.97. The highest BCUT2D eigenvalue weighted by Crippen LogP contribution is 2.21. The zero-order valence-corrected chi connectivity index (χ0v) is 21.7. The van der Waals surface area contributed by atoms with Crippen molar-refractivity contribution in [3.63, 3.8) is 0 Å². The average Bonchev–Trinajstić information content (AvgIpc) is 3.39. The molecule has 3 rings (SSSR count). The number of aliphatic imine (C=N–C) groups is 1. The van der Waals surface area contributed by atoms with Gasteiger partial charge in [0.15, 0.2) is 5.96 Å². The Morgan fingerprint density at radius 3 is 2.67 bits per heavy atom. The number of nitrogens with one attached hydrogen (secondary N) is 2. The third-order valence-corrected chi connectivity index (χ3v) is 6.71. The van der Waals surface area contributed by atoms with Crippen LogP contribution >= 0.6 is 35.3 Å². The maximum Gasteiger partial charge on any atom is 0.225 e. The number of guanidine groups is 1. The van der Waals surface area contributed by atoms with E-state index in [-0.39, 0.29) is 35.8 Å². The summed E-state index contributed by atoms with van der Waals surface area (Å²) >= 11 is 1.85. The van der Waals surface area contributed by atoms with Crippen LogP contribution in [0.2, 0.25) is 0 Å². The number of thiophene rings is 1. The Labute approximate surface area is 202 Å². The molecule has 2 aliphatic heterocycles. The zero-order chi connectivity index (χ0) is 20.6. The predicted molar refractivity (Wildman–Crippen MR) is 137 cm³/mol. The Bertz CT molecular complexity index is 658. The van der Waals surface area contributed by atoms with Crippen LogP contribution in [0.15, 0.2) is 22.5 Å². The molecule has 1 unspecified atom stereocenters. The van der Waals surface area contributed by atoms with Gasteiger partial charge in [0.2, 0.25) is 5.91 Å². The van der Waals surface area contributed by atoms with E-state index < -0.39 is 0 Å². The van der Waals surface area contributed by atoms with Crippen LogP contribution in [0.5, 0.6) is 0 Å². The first-order chi connectivity index (χ1) is 14.0. The van der Waals surface area contributed by atoms with E-state index in [1.165, 1.54) is 17.7 Å². The molecular weight excluding hydrogens is 509 g/mol. The Hall–Kier alpha value is -0.870. The fourth-order valence-corrected chi connectivity index (χ4v) is 4.87. The van der Waals surface area contributed by atoms with Gasteiger partial charge in [0, 0.05) is 49.6 Å². The number of hydrogen-bond donors (Lipinski definition) is 2. The Kier molecular flexibility index (Phi) is 10.9. The summed E-state index contributed by atoms with van der Waals surface area (Å²) in [5.74, 6) is 1.89. The van der Waals surface area contributed by atoms with Crippen molar-refractivity contribution in [1.29, 1.82) is 0 Å². The van der Waals surface area contributed by atoms with Gasteiger partial charge in [0.1, 0.15) is 0 Å². The van der Waals surface area contributed by atoms with Crippen LogP contribution in [0.1, 0.15) is 44.9 Å². The molecule has 1 amide bonds.